The van der Waals surface area contributed by atoms with Crippen LogP contribution in [0.2, 0.25) is 0 Å². The van der Waals surface area contributed by atoms with E-state index in [9.17, 15) is 18.0 Å². The maximum atomic E-state index is 12.3. The number of aromatic nitrogens is 2. The van der Waals surface area contributed by atoms with Gasteiger partial charge in [0, 0.05) is 18.7 Å². The highest BCUT2D eigenvalue weighted by molar-refractivity contribution is 7.22. The van der Waals surface area contributed by atoms with E-state index < -0.39 is 12.1 Å². The van der Waals surface area contributed by atoms with Crippen LogP contribution >= 0.6 is 11.3 Å². The molecule has 144 valence electrons. The Balaban J connectivity index is 0.000000321. The van der Waals surface area contributed by atoms with Crippen molar-refractivity contribution in [3.05, 3.63) is 41.8 Å². The van der Waals surface area contributed by atoms with Crippen LogP contribution in [0.5, 0.6) is 0 Å². The molecule has 3 rings (SSSR count). The molecule has 0 aliphatic carbocycles. The number of halogens is 3. The smallest absolute Gasteiger partial charge is 0.475 e. The molecule has 12 heteroatoms. The number of aliphatic carboxylic acids is 1. The Bertz CT molecular complexity index is 940. The van der Waals surface area contributed by atoms with Crippen molar-refractivity contribution in [2.24, 2.45) is 0 Å². The molecule has 0 saturated carbocycles. The summed E-state index contributed by atoms with van der Waals surface area (Å²) < 4.78 is 37.5. The van der Waals surface area contributed by atoms with Crippen LogP contribution in [0.4, 0.5) is 18.3 Å². The number of thiazole rings is 1. The molecule has 2 heterocycles. The molecule has 3 aromatic rings. The first kappa shape index (κ1) is 20.2. The van der Waals surface area contributed by atoms with Gasteiger partial charge < -0.3 is 20.3 Å². The number of nitrogens with two attached hydrogens (primary N) is 1. The first-order chi connectivity index (χ1) is 12.6. The number of amides is 1. The largest absolute Gasteiger partial charge is 0.490 e. The van der Waals surface area contributed by atoms with Crippen molar-refractivity contribution in [1.82, 2.24) is 15.0 Å². The number of benzene rings is 1. The van der Waals surface area contributed by atoms with E-state index in [1.165, 1.54) is 17.6 Å². The number of carboxylic acids is 1. The Labute approximate surface area is 154 Å². The molecule has 8 nitrogen and oxygen atoms in total. The normalized spacial score (nSPS) is 11.0. The van der Waals surface area contributed by atoms with E-state index >= 15 is 0 Å². The Hall–Kier alpha value is -3.15. The molecule has 0 saturated heterocycles. The summed E-state index contributed by atoms with van der Waals surface area (Å²) in [4.78, 5) is 27.0. The number of alkyl halides is 3. The van der Waals surface area contributed by atoms with E-state index in [0.717, 1.165) is 10.2 Å². The number of carbonyl (C=O) groups is 2. The zero-order valence-corrected chi connectivity index (χ0v) is 14.5. The Morgan fingerprint density at radius 2 is 2.00 bits per heavy atom. The van der Waals surface area contributed by atoms with Gasteiger partial charge >= 0.3 is 12.1 Å². The fourth-order valence-corrected chi connectivity index (χ4v) is 2.65. The van der Waals surface area contributed by atoms with Gasteiger partial charge in [0.15, 0.2) is 5.13 Å². The predicted molar refractivity (Wildman–Crippen MR) is 90.0 cm³/mol. The first-order valence-electron chi connectivity index (χ1n) is 7.19. The van der Waals surface area contributed by atoms with E-state index in [4.69, 9.17) is 20.2 Å². The molecule has 0 bridgehead atoms. The molecule has 0 fully saturated rings. The monoisotopic (exact) mass is 402 g/mol. The topological polar surface area (TPSA) is 123 Å². The molecule has 0 aliphatic heterocycles. The summed E-state index contributed by atoms with van der Waals surface area (Å²) in [6.45, 7) is 0.395. The number of fused-ring (bicyclic) bond motifs is 1. The molecule has 2 aromatic heterocycles. The van der Waals surface area contributed by atoms with Gasteiger partial charge in [0.1, 0.15) is 12.0 Å². The van der Waals surface area contributed by atoms with Gasteiger partial charge in [0.05, 0.1) is 16.8 Å². The van der Waals surface area contributed by atoms with Gasteiger partial charge in [-0.15, -0.1) is 0 Å². The van der Waals surface area contributed by atoms with Crippen LogP contribution in [-0.4, -0.2) is 45.2 Å². The third-order valence-electron chi connectivity index (χ3n) is 3.13. The molecule has 0 spiro atoms. The van der Waals surface area contributed by atoms with Crippen molar-refractivity contribution < 1.29 is 32.4 Å². The predicted octanol–water partition coefficient (Wildman–Crippen LogP) is 2.77. The third kappa shape index (κ3) is 5.41. The average Bonchev–Trinajstić information content (AvgIpc) is 3.21. The van der Waals surface area contributed by atoms with Gasteiger partial charge in [-0.1, -0.05) is 16.5 Å². The van der Waals surface area contributed by atoms with Crippen molar-refractivity contribution in [2.45, 2.75) is 12.7 Å². The van der Waals surface area contributed by atoms with Gasteiger partial charge in [-0.3, -0.25) is 4.79 Å². The van der Waals surface area contributed by atoms with E-state index in [1.54, 1.807) is 30.1 Å². The van der Waals surface area contributed by atoms with Crippen molar-refractivity contribution in [1.29, 1.82) is 0 Å². The lowest BCUT2D eigenvalue weighted by Gasteiger charge is -2.15. The molecule has 1 amide bonds. The summed E-state index contributed by atoms with van der Waals surface area (Å²) in [6.07, 6.45) is -3.60. The summed E-state index contributed by atoms with van der Waals surface area (Å²) in [5.74, 6) is -2.85. The summed E-state index contributed by atoms with van der Waals surface area (Å²) in [6, 6.07) is 7.13. The van der Waals surface area contributed by atoms with Gasteiger partial charge in [0.2, 0.25) is 0 Å². The highest BCUT2D eigenvalue weighted by atomic mass is 32.1. The van der Waals surface area contributed by atoms with E-state index in [-0.39, 0.29) is 5.91 Å². The average molecular weight is 402 g/mol. The van der Waals surface area contributed by atoms with Crippen LogP contribution < -0.4 is 5.73 Å². The SMILES string of the molecule is CN(Cc1ccon1)C(=O)c1ccc2sc(N)nc2c1.O=C(O)C(F)(F)F. The van der Waals surface area contributed by atoms with Gasteiger partial charge in [-0.25, -0.2) is 9.78 Å². The van der Waals surface area contributed by atoms with Gasteiger partial charge in [0.25, 0.3) is 5.91 Å². The number of hydrogen-bond acceptors (Lipinski definition) is 7. The lowest BCUT2D eigenvalue weighted by atomic mass is 10.2. The molecule has 0 unspecified atom stereocenters. The van der Waals surface area contributed by atoms with Crippen molar-refractivity contribution in [3.63, 3.8) is 0 Å². The summed E-state index contributed by atoms with van der Waals surface area (Å²) in [7, 11) is 1.72. The Kier molecular flexibility index (Phi) is 6.00. The summed E-state index contributed by atoms with van der Waals surface area (Å²) in [5.41, 5.74) is 7.69. The fourth-order valence-electron chi connectivity index (χ4n) is 1.93. The molecule has 0 atom stereocenters. The maximum Gasteiger partial charge on any atom is 0.490 e. The van der Waals surface area contributed by atoms with E-state index in [0.29, 0.717) is 22.9 Å². The highest BCUT2D eigenvalue weighted by Crippen LogP contribution is 2.24. The molecular formula is C15H13F3N4O4S. The molecule has 0 aliphatic rings. The van der Waals surface area contributed by atoms with Crippen LogP contribution in [0.25, 0.3) is 10.2 Å². The van der Waals surface area contributed by atoms with Crippen LogP contribution in [0, 0.1) is 0 Å². The first-order valence-corrected chi connectivity index (χ1v) is 8.00. The summed E-state index contributed by atoms with van der Waals surface area (Å²) in [5, 5.41) is 11.4. The second kappa shape index (κ2) is 8.03. The van der Waals surface area contributed by atoms with Gasteiger partial charge in [-0.2, -0.15) is 13.2 Å². The number of nitrogens with zero attached hydrogens (tertiary/aromatic N) is 3. The minimum absolute atomic E-state index is 0.0959. The zero-order valence-electron chi connectivity index (χ0n) is 13.7. The molecule has 27 heavy (non-hydrogen) atoms. The molecule has 1 aromatic carbocycles. The Morgan fingerprint density at radius 1 is 1.33 bits per heavy atom. The minimum atomic E-state index is -5.08. The fraction of sp³-hybridized carbons (Fsp3) is 0.200. The van der Waals surface area contributed by atoms with Crippen molar-refractivity contribution in [2.75, 3.05) is 12.8 Å². The third-order valence-corrected chi connectivity index (χ3v) is 4.00. The van der Waals surface area contributed by atoms with Gasteiger partial charge in [-0.05, 0) is 18.2 Å². The molecule has 3 N–H and O–H groups in total. The Morgan fingerprint density at radius 3 is 2.56 bits per heavy atom. The number of rotatable bonds is 3. The quantitative estimate of drug-likeness (QED) is 0.691. The van der Waals surface area contributed by atoms with E-state index in [2.05, 4.69) is 10.1 Å². The number of carboxylic acid groups (broad SMARTS) is 1. The second-order valence-corrected chi connectivity index (χ2v) is 6.25. The van der Waals surface area contributed by atoms with Crippen LogP contribution in [0.1, 0.15) is 16.1 Å². The standard InChI is InChI=1S/C13H12N4O2S.C2HF3O2/c1-17(7-9-4-5-19-16-9)12(18)8-2-3-11-10(6-8)15-13(14)20-11;3-2(4,5)1(6)7/h2-6H,7H2,1H3,(H2,14,15);(H,6,7). The number of hydrogen-bond donors (Lipinski definition) is 2. The second-order valence-electron chi connectivity index (χ2n) is 5.19. The highest BCUT2D eigenvalue weighted by Gasteiger charge is 2.38. The lowest BCUT2D eigenvalue weighted by molar-refractivity contribution is -0.192. The van der Waals surface area contributed by atoms with E-state index in [1.807, 2.05) is 6.07 Å². The summed E-state index contributed by atoms with van der Waals surface area (Å²) >= 11 is 1.40. The zero-order chi connectivity index (χ0) is 20.2. The number of carbonyl (C=O) groups excluding carboxylic acids is 1. The minimum Gasteiger partial charge on any atom is -0.475 e. The van der Waals surface area contributed by atoms with Crippen LogP contribution in [0.15, 0.2) is 35.1 Å². The van der Waals surface area contributed by atoms with Crippen molar-refractivity contribution in [3.8, 4) is 0 Å². The maximum absolute atomic E-state index is 12.3. The number of anilines is 1. The van der Waals surface area contributed by atoms with Crippen LogP contribution in [-0.2, 0) is 11.3 Å². The van der Waals surface area contributed by atoms with Crippen LogP contribution in [0.3, 0.4) is 0 Å². The molecular weight excluding hydrogens is 389 g/mol. The number of nitrogen functional groups attached to an aromatic ring is 1. The molecule has 0 radical (unpaired) electrons. The van der Waals surface area contributed by atoms with Crippen molar-refractivity contribution >= 4 is 38.6 Å². The lowest BCUT2D eigenvalue weighted by Crippen LogP contribution is -2.26.